The zero-order valence-corrected chi connectivity index (χ0v) is 15.2. The zero-order valence-electron chi connectivity index (χ0n) is 13.7. The summed E-state index contributed by atoms with van der Waals surface area (Å²) in [5.74, 6) is 0.212. The maximum absolute atomic E-state index is 10.8. The molecule has 0 radical (unpaired) electrons. The molecule has 0 aliphatic heterocycles. The molecule has 1 heterocycles. The Bertz CT molecular complexity index is 702. The van der Waals surface area contributed by atoms with Crippen molar-refractivity contribution in [3.63, 3.8) is 0 Å². The molecule has 5 nitrogen and oxygen atoms in total. The second-order valence-corrected chi connectivity index (χ2v) is 6.40. The SMILES string of the molecule is CCCCOc1c(Cl)cc(-c2nc(CC(=O)O)cs2)cc1OCC. The van der Waals surface area contributed by atoms with Crippen LogP contribution in [-0.2, 0) is 11.2 Å². The van der Waals surface area contributed by atoms with Gasteiger partial charge in [-0.25, -0.2) is 4.98 Å². The summed E-state index contributed by atoms with van der Waals surface area (Å²) in [5.41, 5.74) is 1.31. The molecular formula is C17H20ClNO4S. The smallest absolute Gasteiger partial charge is 0.309 e. The Kier molecular flexibility index (Phi) is 6.87. The highest BCUT2D eigenvalue weighted by molar-refractivity contribution is 7.13. The van der Waals surface area contributed by atoms with Crippen molar-refractivity contribution < 1.29 is 19.4 Å². The molecule has 1 N–H and O–H groups in total. The summed E-state index contributed by atoms with van der Waals surface area (Å²) in [6.07, 6.45) is 1.88. The van der Waals surface area contributed by atoms with Crippen molar-refractivity contribution in [3.05, 3.63) is 28.2 Å². The van der Waals surface area contributed by atoms with Crippen LogP contribution in [0.25, 0.3) is 10.6 Å². The number of ether oxygens (including phenoxy) is 2. The van der Waals surface area contributed by atoms with Crippen LogP contribution in [-0.4, -0.2) is 29.3 Å². The Labute approximate surface area is 150 Å². The van der Waals surface area contributed by atoms with Crippen molar-refractivity contribution in [2.45, 2.75) is 33.1 Å². The lowest BCUT2D eigenvalue weighted by Crippen LogP contribution is -2.02. The van der Waals surface area contributed by atoms with Crippen molar-refractivity contribution in [1.82, 2.24) is 4.98 Å². The third-order valence-corrected chi connectivity index (χ3v) is 4.41. The van der Waals surface area contributed by atoms with Crippen LogP contribution in [0.15, 0.2) is 17.5 Å². The monoisotopic (exact) mass is 369 g/mol. The third-order valence-electron chi connectivity index (χ3n) is 3.18. The van der Waals surface area contributed by atoms with Gasteiger partial charge in [-0.2, -0.15) is 0 Å². The van der Waals surface area contributed by atoms with E-state index in [2.05, 4.69) is 11.9 Å². The summed E-state index contributed by atoms with van der Waals surface area (Å²) in [5, 5.41) is 11.8. The van der Waals surface area contributed by atoms with E-state index in [4.69, 9.17) is 26.2 Å². The van der Waals surface area contributed by atoms with Gasteiger partial charge in [-0.3, -0.25) is 4.79 Å². The van der Waals surface area contributed by atoms with Gasteiger partial charge in [0.2, 0.25) is 0 Å². The lowest BCUT2D eigenvalue weighted by molar-refractivity contribution is -0.136. The zero-order chi connectivity index (χ0) is 17.5. The van der Waals surface area contributed by atoms with E-state index in [1.807, 2.05) is 13.0 Å². The van der Waals surface area contributed by atoms with Crippen LogP contribution in [0.1, 0.15) is 32.4 Å². The summed E-state index contributed by atoms with van der Waals surface area (Å²) in [7, 11) is 0. The van der Waals surface area contributed by atoms with Crippen molar-refractivity contribution in [1.29, 1.82) is 0 Å². The fourth-order valence-electron chi connectivity index (χ4n) is 2.09. The molecule has 2 rings (SSSR count). The van der Waals surface area contributed by atoms with Gasteiger partial charge in [0.1, 0.15) is 5.01 Å². The van der Waals surface area contributed by atoms with Crippen LogP contribution in [0.2, 0.25) is 5.02 Å². The molecule has 0 spiro atoms. The van der Waals surface area contributed by atoms with E-state index in [9.17, 15) is 4.79 Å². The van der Waals surface area contributed by atoms with Gasteiger partial charge in [-0.15, -0.1) is 11.3 Å². The van der Waals surface area contributed by atoms with Crippen LogP contribution in [0.3, 0.4) is 0 Å². The van der Waals surface area contributed by atoms with Crippen molar-refractivity contribution in [3.8, 4) is 22.1 Å². The van der Waals surface area contributed by atoms with Gasteiger partial charge in [-0.1, -0.05) is 24.9 Å². The highest BCUT2D eigenvalue weighted by Crippen LogP contribution is 2.40. The number of aromatic nitrogens is 1. The summed E-state index contributed by atoms with van der Waals surface area (Å²) >= 11 is 7.75. The van der Waals surface area contributed by atoms with Crippen LogP contribution in [0, 0.1) is 0 Å². The molecule has 0 aliphatic carbocycles. The average molecular weight is 370 g/mol. The van der Waals surface area contributed by atoms with Crippen LogP contribution in [0.4, 0.5) is 0 Å². The summed E-state index contributed by atoms with van der Waals surface area (Å²) in [6, 6.07) is 3.61. The standard InChI is InChI=1S/C17H20ClNO4S/c1-3-5-6-23-16-13(18)7-11(8-14(16)22-4-2)17-19-12(10-24-17)9-15(20)21/h7-8,10H,3-6,9H2,1-2H3,(H,20,21). The number of nitrogens with zero attached hydrogens (tertiary/aromatic N) is 1. The van der Waals surface area contributed by atoms with Gasteiger partial charge in [0.15, 0.2) is 11.5 Å². The molecule has 0 unspecified atom stereocenters. The Balaban J connectivity index is 2.30. The predicted octanol–water partition coefficient (Wildman–Crippen LogP) is 4.67. The molecule has 130 valence electrons. The van der Waals surface area contributed by atoms with Gasteiger partial charge >= 0.3 is 5.97 Å². The second-order valence-electron chi connectivity index (χ2n) is 5.13. The summed E-state index contributed by atoms with van der Waals surface area (Å²) in [4.78, 5) is 15.1. The first-order valence-corrected chi connectivity index (χ1v) is 9.06. The Morgan fingerprint density at radius 1 is 1.33 bits per heavy atom. The minimum atomic E-state index is -0.903. The number of thiazole rings is 1. The Morgan fingerprint density at radius 3 is 2.79 bits per heavy atom. The van der Waals surface area contributed by atoms with Gasteiger partial charge in [0.25, 0.3) is 0 Å². The molecule has 2 aromatic rings. The molecule has 7 heteroatoms. The minimum absolute atomic E-state index is 0.0965. The second kappa shape index (κ2) is 8.89. The number of carbonyl (C=O) groups is 1. The molecule has 0 amide bonds. The lowest BCUT2D eigenvalue weighted by atomic mass is 10.2. The molecule has 0 aliphatic rings. The van der Waals surface area contributed by atoms with E-state index < -0.39 is 5.97 Å². The number of unbranched alkanes of at least 4 members (excludes halogenated alkanes) is 1. The molecule has 1 aromatic carbocycles. The van der Waals surface area contributed by atoms with E-state index >= 15 is 0 Å². The molecule has 0 fully saturated rings. The summed E-state index contributed by atoms with van der Waals surface area (Å²) in [6.45, 7) is 5.06. The van der Waals surface area contributed by atoms with Crippen LogP contribution in [0.5, 0.6) is 11.5 Å². The van der Waals surface area contributed by atoms with Crippen LogP contribution >= 0.6 is 22.9 Å². The molecule has 24 heavy (non-hydrogen) atoms. The number of carboxylic acid groups (broad SMARTS) is 1. The Morgan fingerprint density at radius 2 is 2.12 bits per heavy atom. The first-order chi connectivity index (χ1) is 11.5. The topological polar surface area (TPSA) is 68.7 Å². The van der Waals surface area contributed by atoms with Crippen molar-refractivity contribution in [2.24, 2.45) is 0 Å². The minimum Gasteiger partial charge on any atom is -0.490 e. The molecular weight excluding hydrogens is 350 g/mol. The molecule has 1 aromatic heterocycles. The van der Waals surface area contributed by atoms with E-state index in [1.165, 1.54) is 11.3 Å². The molecule has 0 atom stereocenters. The fourth-order valence-corrected chi connectivity index (χ4v) is 3.16. The van der Waals surface area contributed by atoms with Crippen LogP contribution < -0.4 is 9.47 Å². The van der Waals surface area contributed by atoms with Gasteiger partial charge in [0.05, 0.1) is 30.4 Å². The largest absolute Gasteiger partial charge is 0.490 e. The highest BCUT2D eigenvalue weighted by Gasteiger charge is 2.16. The normalized spacial score (nSPS) is 10.6. The lowest BCUT2D eigenvalue weighted by Gasteiger charge is -2.14. The average Bonchev–Trinajstić information content (AvgIpc) is 2.97. The predicted molar refractivity (Wildman–Crippen MR) is 95.5 cm³/mol. The molecule has 0 saturated carbocycles. The number of hydrogen-bond acceptors (Lipinski definition) is 5. The van der Waals surface area contributed by atoms with Crippen molar-refractivity contribution in [2.75, 3.05) is 13.2 Å². The Hall–Kier alpha value is -1.79. The number of aliphatic carboxylic acids is 1. The molecule has 0 bridgehead atoms. The summed E-state index contributed by atoms with van der Waals surface area (Å²) < 4.78 is 11.4. The number of rotatable bonds is 9. The van der Waals surface area contributed by atoms with Gasteiger partial charge < -0.3 is 14.6 Å². The van der Waals surface area contributed by atoms with E-state index in [0.717, 1.165) is 18.4 Å². The maximum Gasteiger partial charge on any atom is 0.309 e. The number of halogens is 1. The first kappa shape index (κ1) is 18.5. The van der Waals surface area contributed by atoms with E-state index in [1.54, 1.807) is 11.4 Å². The fraction of sp³-hybridized carbons (Fsp3) is 0.412. The quantitative estimate of drug-likeness (QED) is 0.650. The van der Waals surface area contributed by atoms with E-state index in [-0.39, 0.29) is 6.42 Å². The van der Waals surface area contributed by atoms with Crippen molar-refractivity contribution >= 4 is 28.9 Å². The molecule has 0 saturated heterocycles. The number of hydrogen-bond donors (Lipinski definition) is 1. The number of carboxylic acids is 1. The third kappa shape index (κ3) is 4.85. The highest BCUT2D eigenvalue weighted by atomic mass is 35.5. The first-order valence-electron chi connectivity index (χ1n) is 7.80. The van der Waals surface area contributed by atoms with Gasteiger partial charge in [-0.05, 0) is 25.5 Å². The maximum atomic E-state index is 10.8. The van der Waals surface area contributed by atoms with E-state index in [0.29, 0.717) is 40.4 Å². The van der Waals surface area contributed by atoms with Gasteiger partial charge in [0, 0.05) is 10.9 Å². The number of benzene rings is 1.